The molecule has 0 unspecified atom stereocenters. The zero-order valence-electron chi connectivity index (χ0n) is 15.0. The molecular weight excluding hydrogens is 395 g/mol. The molecule has 146 valence electrons. The number of ether oxygens (including phenoxy) is 1. The molecule has 0 spiro atoms. The maximum Gasteiger partial charge on any atom is 0.263 e. The number of sulfonamides is 1. The molecule has 2 heterocycles. The molecule has 9 heteroatoms. The third-order valence-corrected chi connectivity index (χ3v) is 5.35. The van der Waals surface area contributed by atoms with Crippen LogP contribution in [0.4, 0.5) is 10.2 Å². The van der Waals surface area contributed by atoms with E-state index in [1.54, 1.807) is 42.7 Å². The number of aromatic nitrogens is 3. The fourth-order valence-corrected chi connectivity index (χ4v) is 3.59. The van der Waals surface area contributed by atoms with Gasteiger partial charge >= 0.3 is 0 Å². The number of hydrogen-bond acceptors (Lipinski definition) is 6. The van der Waals surface area contributed by atoms with E-state index in [4.69, 9.17) is 4.74 Å². The van der Waals surface area contributed by atoms with Crippen molar-refractivity contribution < 1.29 is 17.5 Å². The molecule has 7 nitrogen and oxygen atoms in total. The van der Waals surface area contributed by atoms with Gasteiger partial charge in [-0.3, -0.25) is 9.71 Å². The van der Waals surface area contributed by atoms with Gasteiger partial charge < -0.3 is 4.74 Å². The SMILES string of the molecule is O=S(=O)(Nc1nc2ccccc2nc1OCc1cccnc1)c1ccc(F)cc1. The fraction of sp³-hybridized carbons (Fsp3) is 0.0500. The summed E-state index contributed by atoms with van der Waals surface area (Å²) < 4.78 is 46.7. The van der Waals surface area contributed by atoms with Crippen LogP contribution in [0.5, 0.6) is 5.88 Å². The molecule has 0 saturated carbocycles. The van der Waals surface area contributed by atoms with Gasteiger partial charge in [-0.1, -0.05) is 18.2 Å². The number of para-hydroxylation sites is 2. The number of benzene rings is 2. The van der Waals surface area contributed by atoms with Crippen LogP contribution >= 0.6 is 0 Å². The highest BCUT2D eigenvalue weighted by molar-refractivity contribution is 7.92. The summed E-state index contributed by atoms with van der Waals surface area (Å²) >= 11 is 0. The average Bonchev–Trinajstić information content (AvgIpc) is 2.73. The van der Waals surface area contributed by atoms with Crippen LogP contribution in [0.3, 0.4) is 0 Å². The van der Waals surface area contributed by atoms with Crippen molar-refractivity contribution in [3.8, 4) is 5.88 Å². The number of nitrogens with zero attached hydrogens (tertiary/aromatic N) is 3. The van der Waals surface area contributed by atoms with Gasteiger partial charge in [-0.2, -0.15) is 0 Å². The molecule has 2 aromatic carbocycles. The minimum Gasteiger partial charge on any atom is -0.470 e. The van der Waals surface area contributed by atoms with Gasteiger partial charge in [0.05, 0.1) is 15.9 Å². The van der Waals surface area contributed by atoms with E-state index in [1.807, 2.05) is 6.07 Å². The van der Waals surface area contributed by atoms with Crippen LogP contribution in [0.1, 0.15) is 5.56 Å². The summed E-state index contributed by atoms with van der Waals surface area (Å²) in [5.41, 5.74) is 1.84. The summed E-state index contributed by atoms with van der Waals surface area (Å²) in [5, 5.41) is 0. The summed E-state index contributed by atoms with van der Waals surface area (Å²) in [7, 11) is -4.02. The maximum atomic E-state index is 13.1. The second-order valence-electron chi connectivity index (χ2n) is 6.08. The number of rotatable bonds is 6. The first-order valence-corrected chi connectivity index (χ1v) is 10.1. The van der Waals surface area contributed by atoms with Gasteiger partial charge in [0.2, 0.25) is 5.82 Å². The average molecular weight is 410 g/mol. The molecule has 0 aliphatic heterocycles. The summed E-state index contributed by atoms with van der Waals surface area (Å²) in [6, 6.07) is 15.1. The molecule has 4 aromatic rings. The molecule has 0 saturated heterocycles. The molecule has 0 aliphatic carbocycles. The van der Waals surface area contributed by atoms with Crippen molar-refractivity contribution >= 4 is 26.9 Å². The first kappa shape index (κ1) is 18.8. The molecule has 4 rings (SSSR count). The van der Waals surface area contributed by atoms with Gasteiger partial charge in [-0.05, 0) is 42.5 Å². The van der Waals surface area contributed by atoms with Crippen molar-refractivity contribution in [2.24, 2.45) is 0 Å². The molecule has 0 radical (unpaired) electrons. The third-order valence-electron chi connectivity index (χ3n) is 3.99. The molecule has 29 heavy (non-hydrogen) atoms. The predicted octanol–water partition coefficient (Wildman–Crippen LogP) is 3.54. The van der Waals surface area contributed by atoms with E-state index < -0.39 is 15.8 Å². The first-order chi connectivity index (χ1) is 14.0. The monoisotopic (exact) mass is 410 g/mol. The summed E-state index contributed by atoms with van der Waals surface area (Å²) in [6.07, 6.45) is 3.28. The largest absolute Gasteiger partial charge is 0.470 e. The highest BCUT2D eigenvalue weighted by Gasteiger charge is 2.20. The Kier molecular flexibility index (Phi) is 5.05. The lowest BCUT2D eigenvalue weighted by atomic mass is 10.3. The third kappa shape index (κ3) is 4.30. The van der Waals surface area contributed by atoms with E-state index >= 15 is 0 Å². The lowest BCUT2D eigenvalue weighted by Crippen LogP contribution is -2.16. The van der Waals surface area contributed by atoms with Crippen LogP contribution in [0.15, 0.2) is 78.0 Å². The van der Waals surface area contributed by atoms with Crippen molar-refractivity contribution in [1.29, 1.82) is 0 Å². The second kappa shape index (κ2) is 7.80. The highest BCUT2D eigenvalue weighted by atomic mass is 32.2. The number of anilines is 1. The van der Waals surface area contributed by atoms with Crippen LogP contribution in [-0.4, -0.2) is 23.4 Å². The summed E-state index contributed by atoms with van der Waals surface area (Å²) in [5.74, 6) is -0.565. The van der Waals surface area contributed by atoms with E-state index in [0.717, 1.165) is 17.7 Å². The Morgan fingerprint density at radius 2 is 1.66 bits per heavy atom. The minimum absolute atomic E-state index is 0.0261. The van der Waals surface area contributed by atoms with Crippen LogP contribution in [0, 0.1) is 5.82 Å². The van der Waals surface area contributed by atoms with Crippen molar-refractivity contribution in [2.45, 2.75) is 11.5 Å². The van der Waals surface area contributed by atoms with E-state index in [2.05, 4.69) is 19.7 Å². The molecule has 2 aromatic heterocycles. The van der Waals surface area contributed by atoms with Gasteiger partial charge in [-0.25, -0.2) is 22.8 Å². The van der Waals surface area contributed by atoms with E-state index in [0.29, 0.717) is 11.0 Å². The Bertz CT molecular complexity index is 1250. The molecule has 0 fully saturated rings. The van der Waals surface area contributed by atoms with Gasteiger partial charge in [0.1, 0.15) is 12.4 Å². The normalized spacial score (nSPS) is 11.3. The first-order valence-electron chi connectivity index (χ1n) is 8.58. The fourth-order valence-electron chi connectivity index (χ4n) is 2.59. The molecule has 0 atom stereocenters. The Labute approximate surface area is 166 Å². The quantitative estimate of drug-likeness (QED) is 0.523. The van der Waals surface area contributed by atoms with Gasteiger partial charge in [0, 0.05) is 18.0 Å². The summed E-state index contributed by atoms with van der Waals surface area (Å²) in [6.45, 7) is 0.131. The van der Waals surface area contributed by atoms with Gasteiger partial charge in [-0.15, -0.1) is 0 Å². The van der Waals surface area contributed by atoms with Crippen LogP contribution < -0.4 is 9.46 Å². The Morgan fingerprint density at radius 3 is 2.34 bits per heavy atom. The number of hydrogen-bond donors (Lipinski definition) is 1. The van der Waals surface area contributed by atoms with Crippen LogP contribution in [-0.2, 0) is 16.6 Å². The molecule has 0 bridgehead atoms. The number of fused-ring (bicyclic) bond motifs is 1. The lowest BCUT2D eigenvalue weighted by Gasteiger charge is -2.13. The maximum absolute atomic E-state index is 13.1. The van der Waals surface area contributed by atoms with E-state index in [-0.39, 0.29) is 23.2 Å². The smallest absolute Gasteiger partial charge is 0.263 e. The standard InChI is InChI=1S/C20H15FN4O3S/c21-15-7-9-16(10-8-15)29(26,27)25-19-20(28-13-14-4-3-11-22-12-14)24-18-6-2-1-5-17(18)23-19/h1-12H,13H2,(H,23,25). The lowest BCUT2D eigenvalue weighted by molar-refractivity contribution is 0.295. The number of pyridine rings is 1. The molecule has 0 amide bonds. The zero-order chi connectivity index (χ0) is 20.3. The van der Waals surface area contributed by atoms with Crippen molar-refractivity contribution in [3.05, 3.63) is 84.4 Å². The topological polar surface area (TPSA) is 94.1 Å². The highest BCUT2D eigenvalue weighted by Crippen LogP contribution is 2.26. The Hall–Kier alpha value is -3.59. The molecular formula is C20H15FN4O3S. The van der Waals surface area contributed by atoms with E-state index in [9.17, 15) is 12.8 Å². The Morgan fingerprint density at radius 1 is 0.931 bits per heavy atom. The van der Waals surface area contributed by atoms with Crippen LogP contribution in [0.25, 0.3) is 11.0 Å². The zero-order valence-corrected chi connectivity index (χ0v) is 15.8. The second-order valence-corrected chi connectivity index (χ2v) is 7.76. The molecule has 1 N–H and O–H groups in total. The summed E-state index contributed by atoms with van der Waals surface area (Å²) in [4.78, 5) is 12.7. The van der Waals surface area contributed by atoms with Gasteiger partial charge in [0.25, 0.3) is 15.9 Å². The van der Waals surface area contributed by atoms with Crippen LogP contribution in [0.2, 0.25) is 0 Å². The van der Waals surface area contributed by atoms with E-state index in [1.165, 1.54) is 12.1 Å². The van der Waals surface area contributed by atoms with Crippen molar-refractivity contribution in [1.82, 2.24) is 15.0 Å². The molecule has 0 aliphatic rings. The predicted molar refractivity (Wildman–Crippen MR) is 105 cm³/mol. The Balaban J connectivity index is 1.70. The number of nitrogens with one attached hydrogen (secondary N) is 1. The van der Waals surface area contributed by atoms with Crippen molar-refractivity contribution in [3.63, 3.8) is 0 Å². The minimum atomic E-state index is -4.02. The van der Waals surface area contributed by atoms with Gasteiger partial charge in [0.15, 0.2) is 0 Å². The number of halogens is 1. The van der Waals surface area contributed by atoms with Crippen molar-refractivity contribution in [2.75, 3.05) is 4.72 Å².